The van der Waals surface area contributed by atoms with Crippen molar-refractivity contribution in [3.05, 3.63) is 11.7 Å². The zero-order valence-electron chi connectivity index (χ0n) is 9.54. The molecule has 1 aliphatic rings. The molecule has 18 heavy (non-hydrogen) atoms. The van der Waals surface area contributed by atoms with Crippen molar-refractivity contribution in [2.24, 2.45) is 0 Å². The van der Waals surface area contributed by atoms with Crippen LogP contribution >= 0.6 is 11.8 Å². The van der Waals surface area contributed by atoms with E-state index in [2.05, 4.69) is 15.5 Å². The third kappa shape index (κ3) is 3.46. The topological polar surface area (TPSA) is 105 Å². The number of carboxylic acid groups (broad SMARTS) is 1. The second-order valence-corrected chi connectivity index (χ2v) is 5.04. The van der Waals surface area contributed by atoms with E-state index in [1.54, 1.807) is 0 Å². The number of rotatable bonds is 8. The number of nitrogens with one attached hydrogen (secondary N) is 1. The Balaban J connectivity index is 1.75. The Bertz CT molecular complexity index is 433. The number of aromatic nitrogens is 2. The van der Waals surface area contributed by atoms with Crippen LogP contribution in [0, 0.1) is 0 Å². The zero-order chi connectivity index (χ0) is 13.0. The highest BCUT2D eigenvalue weighted by Gasteiger charge is 2.29. The first kappa shape index (κ1) is 12.9. The quantitative estimate of drug-likeness (QED) is 0.658. The Hall–Kier alpha value is -1.57. The largest absolute Gasteiger partial charge is 0.480 e. The molecule has 0 aromatic carbocycles. The number of hydrogen-bond acceptors (Lipinski definition) is 6. The molecule has 8 heteroatoms. The second-order valence-electron chi connectivity index (χ2n) is 4.01. The van der Waals surface area contributed by atoms with Crippen LogP contribution in [-0.2, 0) is 15.3 Å². The molecule has 2 rings (SSSR count). The third-order valence-corrected chi connectivity index (χ3v) is 3.52. The first-order chi connectivity index (χ1) is 8.70. The van der Waals surface area contributed by atoms with Crippen LogP contribution in [0.15, 0.2) is 4.52 Å². The van der Waals surface area contributed by atoms with Gasteiger partial charge in [0.15, 0.2) is 5.82 Å². The van der Waals surface area contributed by atoms with Gasteiger partial charge in [-0.3, -0.25) is 4.79 Å². The van der Waals surface area contributed by atoms with Crippen molar-refractivity contribution in [2.75, 3.05) is 5.75 Å². The van der Waals surface area contributed by atoms with E-state index in [0.29, 0.717) is 29.8 Å². The molecule has 1 aromatic heterocycles. The smallest absolute Gasteiger partial charge is 0.327 e. The maximum atomic E-state index is 10.7. The molecule has 1 saturated carbocycles. The predicted octanol–water partition coefficient (Wildman–Crippen LogP) is 0.379. The van der Waals surface area contributed by atoms with Gasteiger partial charge in [-0.05, 0) is 12.8 Å². The molecule has 1 unspecified atom stereocenters. The number of carbonyl (C=O) groups is 2. The fourth-order valence-electron chi connectivity index (χ4n) is 1.36. The van der Waals surface area contributed by atoms with E-state index in [1.165, 1.54) is 11.8 Å². The Kier molecular flexibility index (Phi) is 4.19. The van der Waals surface area contributed by atoms with Crippen LogP contribution < -0.4 is 5.32 Å². The molecule has 2 N–H and O–H groups in total. The number of aliphatic carboxylic acids is 1. The SMILES string of the molecule is O=CNC(CSCc1noc(C2CC2)n1)C(=O)O. The first-order valence-corrected chi connectivity index (χ1v) is 6.69. The number of amides is 1. The standard InChI is InChI=1S/C10H13N3O4S/c14-5-11-7(10(15)16)3-18-4-8-12-9(17-13-8)6-1-2-6/h5-7H,1-4H2,(H,11,14)(H,15,16). The summed E-state index contributed by atoms with van der Waals surface area (Å²) in [6.07, 6.45) is 2.58. The molecule has 7 nitrogen and oxygen atoms in total. The van der Waals surface area contributed by atoms with Crippen molar-refractivity contribution < 1.29 is 19.2 Å². The lowest BCUT2D eigenvalue weighted by atomic mass is 10.3. The third-order valence-electron chi connectivity index (χ3n) is 2.49. The van der Waals surface area contributed by atoms with Gasteiger partial charge in [-0.25, -0.2) is 4.79 Å². The molecule has 1 aliphatic carbocycles. The zero-order valence-corrected chi connectivity index (χ0v) is 10.4. The summed E-state index contributed by atoms with van der Waals surface area (Å²) >= 11 is 1.34. The summed E-state index contributed by atoms with van der Waals surface area (Å²) in [7, 11) is 0. The minimum atomic E-state index is -1.05. The summed E-state index contributed by atoms with van der Waals surface area (Å²) < 4.78 is 5.08. The summed E-state index contributed by atoms with van der Waals surface area (Å²) in [5, 5.41) is 14.9. The molecule has 98 valence electrons. The van der Waals surface area contributed by atoms with E-state index in [9.17, 15) is 9.59 Å². The summed E-state index contributed by atoms with van der Waals surface area (Å²) in [5.41, 5.74) is 0. The number of carbonyl (C=O) groups excluding carboxylic acids is 1. The van der Waals surface area contributed by atoms with E-state index in [4.69, 9.17) is 9.63 Å². The van der Waals surface area contributed by atoms with Gasteiger partial charge in [-0.2, -0.15) is 16.7 Å². The molecule has 0 saturated heterocycles. The van der Waals surface area contributed by atoms with Gasteiger partial charge < -0.3 is 14.9 Å². The summed E-state index contributed by atoms with van der Waals surface area (Å²) in [4.78, 5) is 25.2. The number of nitrogens with zero attached hydrogens (tertiary/aromatic N) is 2. The maximum absolute atomic E-state index is 10.7. The van der Waals surface area contributed by atoms with E-state index in [0.717, 1.165) is 12.8 Å². The number of thioether (sulfide) groups is 1. The summed E-state index contributed by atoms with van der Waals surface area (Å²) in [6, 6.07) is -0.887. The van der Waals surface area contributed by atoms with Crippen LogP contribution in [0.3, 0.4) is 0 Å². The average molecular weight is 271 g/mol. The monoisotopic (exact) mass is 271 g/mol. The Labute approximate surface area is 107 Å². The number of carboxylic acids is 1. The van der Waals surface area contributed by atoms with Crippen LogP contribution in [0.25, 0.3) is 0 Å². The van der Waals surface area contributed by atoms with E-state index >= 15 is 0 Å². The Morgan fingerprint density at radius 2 is 2.44 bits per heavy atom. The van der Waals surface area contributed by atoms with Gasteiger partial charge in [0.1, 0.15) is 6.04 Å². The van der Waals surface area contributed by atoms with Crippen molar-refractivity contribution in [3.63, 3.8) is 0 Å². The Morgan fingerprint density at radius 1 is 1.67 bits per heavy atom. The highest BCUT2D eigenvalue weighted by Crippen LogP contribution is 2.38. The molecule has 1 heterocycles. The van der Waals surface area contributed by atoms with Gasteiger partial charge >= 0.3 is 5.97 Å². The lowest BCUT2D eigenvalue weighted by Gasteiger charge is -2.09. The summed E-state index contributed by atoms with van der Waals surface area (Å²) in [6.45, 7) is 0. The molecule has 1 atom stereocenters. The van der Waals surface area contributed by atoms with Crippen molar-refractivity contribution in [3.8, 4) is 0 Å². The molecular formula is C10H13N3O4S. The van der Waals surface area contributed by atoms with Crippen LogP contribution in [0.4, 0.5) is 0 Å². The van der Waals surface area contributed by atoms with E-state index in [1.807, 2.05) is 0 Å². The van der Waals surface area contributed by atoms with Gasteiger partial charge in [0.2, 0.25) is 12.3 Å². The molecule has 0 aliphatic heterocycles. The molecule has 1 amide bonds. The highest BCUT2D eigenvalue weighted by molar-refractivity contribution is 7.98. The van der Waals surface area contributed by atoms with E-state index in [-0.39, 0.29) is 5.75 Å². The minimum Gasteiger partial charge on any atom is -0.480 e. The van der Waals surface area contributed by atoms with Crippen LogP contribution in [-0.4, -0.2) is 39.4 Å². The number of hydrogen-bond donors (Lipinski definition) is 2. The maximum Gasteiger partial charge on any atom is 0.327 e. The first-order valence-electron chi connectivity index (χ1n) is 5.53. The minimum absolute atomic E-state index is 0.265. The van der Waals surface area contributed by atoms with Gasteiger partial charge in [0.25, 0.3) is 0 Å². The van der Waals surface area contributed by atoms with Gasteiger partial charge in [-0.15, -0.1) is 0 Å². The molecular weight excluding hydrogens is 258 g/mol. The fraction of sp³-hybridized carbons (Fsp3) is 0.600. The Morgan fingerprint density at radius 3 is 3.06 bits per heavy atom. The van der Waals surface area contributed by atoms with Crippen molar-refractivity contribution >= 4 is 24.1 Å². The van der Waals surface area contributed by atoms with Gasteiger partial charge in [0, 0.05) is 11.7 Å². The van der Waals surface area contributed by atoms with Crippen LogP contribution in [0.5, 0.6) is 0 Å². The normalized spacial score (nSPS) is 16.2. The average Bonchev–Trinajstić information content (AvgIpc) is 3.08. The molecule has 0 radical (unpaired) electrons. The van der Waals surface area contributed by atoms with Crippen LogP contribution in [0.2, 0.25) is 0 Å². The van der Waals surface area contributed by atoms with Crippen molar-refractivity contribution in [2.45, 2.75) is 30.6 Å². The highest BCUT2D eigenvalue weighted by atomic mass is 32.2. The molecule has 0 bridgehead atoms. The molecule has 1 fully saturated rings. The van der Waals surface area contributed by atoms with Crippen LogP contribution in [0.1, 0.15) is 30.5 Å². The molecule has 1 aromatic rings. The lowest BCUT2D eigenvalue weighted by Crippen LogP contribution is -2.37. The van der Waals surface area contributed by atoms with E-state index < -0.39 is 12.0 Å². The van der Waals surface area contributed by atoms with Gasteiger partial charge in [-0.1, -0.05) is 5.16 Å². The van der Waals surface area contributed by atoms with Gasteiger partial charge in [0.05, 0.1) is 5.75 Å². The van der Waals surface area contributed by atoms with Crippen molar-refractivity contribution in [1.82, 2.24) is 15.5 Å². The molecule has 0 spiro atoms. The lowest BCUT2D eigenvalue weighted by molar-refractivity contribution is -0.139. The summed E-state index contributed by atoms with van der Waals surface area (Å²) in [5.74, 6) is 1.34. The van der Waals surface area contributed by atoms with Crippen molar-refractivity contribution in [1.29, 1.82) is 0 Å². The fourth-order valence-corrected chi connectivity index (χ4v) is 2.26. The second kappa shape index (κ2) is 5.85. The predicted molar refractivity (Wildman–Crippen MR) is 63.1 cm³/mol.